The zero-order chi connectivity index (χ0) is 24.0. The van der Waals surface area contributed by atoms with Gasteiger partial charge in [0.05, 0.1) is 4.91 Å². The van der Waals surface area contributed by atoms with Gasteiger partial charge < -0.3 is 4.90 Å². The Kier molecular flexibility index (Phi) is 9.16. The average Bonchev–Trinajstić information content (AvgIpc) is 3.08. The number of hydrogen-bond acceptors (Lipinski definition) is 6. The zero-order valence-corrected chi connectivity index (χ0v) is 21.6. The normalized spacial score (nSPS) is 17.8. The molecule has 2 aliphatic rings. The number of nitriles is 1. The summed E-state index contributed by atoms with van der Waals surface area (Å²) >= 11 is 6.85. The Morgan fingerprint density at radius 1 is 1.06 bits per heavy atom. The van der Waals surface area contributed by atoms with Gasteiger partial charge in [0.15, 0.2) is 0 Å². The monoisotopic (exact) mass is 486 g/mol. The SMILES string of the molecule is CCCCCCN1C(=O)C(=Cc2c(C)c(C#N)c(=O)n(CCC)c2N2CCCCC2)SC1=S. The van der Waals surface area contributed by atoms with Crippen LogP contribution in [0.5, 0.6) is 0 Å². The number of anilines is 1. The van der Waals surface area contributed by atoms with Crippen LogP contribution in [-0.2, 0) is 11.3 Å². The molecule has 178 valence electrons. The van der Waals surface area contributed by atoms with Gasteiger partial charge in [-0.25, -0.2) is 0 Å². The Hall–Kier alpha value is -2.11. The number of nitrogens with zero attached hydrogens (tertiary/aromatic N) is 4. The number of rotatable bonds is 9. The van der Waals surface area contributed by atoms with Crippen molar-refractivity contribution in [2.24, 2.45) is 0 Å². The second-order valence-corrected chi connectivity index (χ2v) is 10.4. The molecule has 0 radical (unpaired) electrons. The molecule has 6 nitrogen and oxygen atoms in total. The van der Waals surface area contributed by atoms with Crippen molar-refractivity contribution < 1.29 is 4.79 Å². The van der Waals surface area contributed by atoms with E-state index in [0.717, 1.165) is 69.4 Å². The molecular weight excluding hydrogens is 452 g/mol. The molecule has 0 spiro atoms. The van der Waals surface area contributed by atoms with Crippen molar-refractivity contribution in [3.63, 3.8) is 0 Å². The molecule has 2 aliphatic heterocycles. The molecule has 1 aromatic rings. The van der Waals surface area contributed by atoms with Crippen LogP contribution in [-0.4, -0.2) is 39.3 Å². The Balaban J connectivity index is 2.08. The fourth-order valence-corrected chi connectivity index (χ4v) is 5.83. The number of aromatic nitrogens is 1. The molecule has 0 saturated carbocycles. The molecule has 8 heteroatoms. The van der Waals surface area contributed by atoms with Crippen LogP contribution in [0.15, 0.2) is 9.70 Å². The number of unbranched alkanes of at least 4 members (excludes halogenated alkanes) is 3. The second-order valence-electron chi connectivity index (χ2n) is 8.75. The summed E-state index contributed by atoms with van der Waals surface area (Å²) in [4.78, 5) is 30.9. The minimum atomic E-state index is -0.238. The lowest BCUT2D eigenvalue weighted by Gasteiger charge is -2.33. The van der Waals surface area contributed by atoms with E-state index in [1.807, 2.05) is 19.9 Å². The van der Waals surface area contributed by atoms with Gasteiger partial charge in [0.1, 0.15) is 21.8 Å². The highest BCUT2D eigenvalue weighted by molar-refractivity contribution is 8.26. The lowest BCUT2D eigenvalue weighted by atomic mass is 10.0. The van der Waals surface area contributed by atoms with Crippen molar-refractivity contribution in [3.8, 4) is 6.07 Å². The largest absolute Gasteiger partial charge is 0.357 e. The fourth-order valence-electron chi connectivity index (χ4n) is 4.54. The number of thioether (sulfide) groups is 1. The van der Waals surface area contributed by atoms with E-state index in [1.54, 1.807) is 9.47 Å². The summed E-state index contributed by atoms with van der Waals surface area (Å²) in [6, 6.07) is 2.12. The van der Waals surface area contributed by atoms with Crippen molar-refractivity contribution in [2.45, 2.75) is 78.7 Å². The van der Waals surface area contributed by atoms with Crippen molar-refractivity contribution in [1.29, 1.82) is 5.26 Å². The first-order chi connectivity index (χ1) is 15.9. The maximum atomic E-state index is 13.2. The highest BCUT2D eigenvalue weighted by atomic mass is 32.2. The molecule has 2 fully saturated rings. The van der Waals surface area contributed by atoms with Crippen LogP contribution < -0.4 is 10.5 Å². The quantitative estimate of drug-likeness (QED) is 0.271. The lowest BCUT2D eigenvalue weighted by Crippen LogP contribution is -2.37. The summed E-state index contributed by atoms with van der Waals surface area (Å²) in [5, 5.41) is 9.76. The third-order valence-corrected chi connectivity index (χ3v) is 7.71. The predicted octanol–water partition coefficient (Wildman–Crippen LogP) is 5.21. The van der Waals surface area contributed by atoms with Crippen LogP contribution in [0.25, 0.3) is 6.08 Å². The summed E-state index contributed by atoms with van der Waals surface area (Å²) in [5.74, 6) is 0.767. The summed E-state index contributed by atoms with van der Waals surface area (Å²) in [6.07, 6.45) is 10.3. The van der Waals surface area contributed by atoms with E-state index >= 15 is 0 Å². The van der Waals surface area contributed by atoms with E-state index in [1.165, 1.54) is 18.2 Å². The lowest BCUT2D eigenvalue weighted by molar-refractivity contribution is -0.122. The van der Waals surface area contributed by atoms with Crippen LogP contribution in [0, 0.1) is 18.3 Å². The average molecular weight is 487 g/mol. The number of thiocarbonyl (C=S) groups is 1. The molecule has 0 N–H and O–H groups in total. The smallest absolute Gasteiger partial charge is 0.270 e. The van der Waals surface area contributed by atoms with Gasteiger partial charge in [-0.2, -0.15) is 5.26 Å². The van der Waals surface area contributed by atoms with Gasteiger partial charge in [-0.15, -0.1) is 0 Å². The second kappa shape index (κ2) is 11.8. The third-order valence-electron chi connectivity index (χ3n) is 6.33. The Morgan fingerprint density at radius 3 is 2.42 bits per heavy atom. The molecule has 33 heavy (non-hydrogen) atoms. The van der Waals surface area contributed by atoms with Gasteiger partial charge >= 0.3 is 0 Å². The molecular formula is C25H34N4O2S2. The molecule has 2 saturated heterocycles. The van der Waals surface area contributed by atoms with Crippen LogP contribution in [0.4, 0.5) is 5.82 Å². The van der Waals surface area contributed by atoms with Gasteiger partial charge in [0.2, 0.25) is 0 Å². The van der Waals surface area contributed by atoms with Gasteiger partial charge in [-0.05, 0) is 50.7 Å². The molecule has 3 rings (SSSR count). The number of carbonyl (C=O) groups excluding carboxylic acids is 1. The highest BCUT2D eigenvalue weighted by Crippen LogP contribution is 2.36. The van der Waals surface area contributed by atoms with E-state index < -0.39 is 0 Å². The Bertz CT molecular complexity index is 1030. The Labute approximate surface area is 206 Å². The predicted molar refractivity (Wildman–Crippen MR) is 141 cm³/mol. The molecule has 1 aromatic heterocycles. The van der Waals surface area contributed by atoms with Crippen molar-refractivity contribution in [3.05, 3.63) is 31.9 Å². The van der Waals surface area contributed by atoms with Crippen LogP contribution in [0.1, 0.15) is 81.9 Å². The summed E-state index contributed by atoms with van der Waals surface area (Å²) in [6.45, 7) is 8.93. The standard InChI is InChI=1S/C25H34N4O2S2/c1-4-6-7-11-15-29-24(31)21(33-25(29)32)16-19-18(3)20(17-26)23(30)28(12-5-2)22(19)27-13-9-8-10-14-27/h16H,4-15H2,1-3H3. The molecule has 0 bridgehead atoms. The number of pyridine rings is 1. The molecule has 0 aromatic carbocycles. The minimum absolute atomic E-state index is 0.0720. The first kappa shape index (κ1) is 25.5. The first-order valence-corrected chi connectivity index (χ1v) is 13.3. The van der Waals surface area contributed by atoms with Crippen molar-refractivity contribution in [2.75, 3.05) is 24.5 Å². The zero-order valence-electron chi connectivity index (χ0n) is 20.0. The summed E-state index contributed by atoms with van der Waals surface area (Å²) in [5.41, 5.74) is 1.36. The molecule has 1 amide bonds. The molecule has 0 unspecified atom stereocenters. The number of hydrogen-bond donors (Lipinski definition) is 0. The molecule has 0 aliphatic carbocycles. The maximum Gasteiger partial charge on any atom is 0.270 e. The van der Waals surface area contributed by atoms with Crippen LogP contribution in [0.3, 0.4) is 0 Å². The Morgan fingerprint density at radius 2 is 1.79 bits per heavy atom. The van der Waals surface area contributed by atoms with Crippen molar-refractivity contribution >= 4 is 46.1 Å². The van der Waals surface area contributed by atoms with Crippen molar-refractivity contribution in [1.82, 2.24) is 9.47 Å². The third kappa shape index (κ3) is 5.52. The minimum Gasteiger partial charge on any atom is -0.357 e. The van der Waals surface area contributed by atoms with Crippen LogP contribution in [0.2, 0.25) is 0 Å². The van der Waals surface area contributed by atoms with E-state index in [9.17, 15) is 14.9 Å². The van der Waals surface area contributed by atoms with E-state index in [4.69, 9.17) is 12.2 Å². The number of carbonyl (C=O) groups is 1. The van der Waals surface area contributed by atoms with Gasteiger partial charge in [0.25, 0.3) is 11.5 Å². The first-order valence-electron chi connectivity index (χ1n) is 12.1. The summed E-state index contributed by atoms with van der Waals surface area (Å²) < 4.78 is 2.33. The topological polar surface area (TPSA) is 69.3 Å². The fraction of sp³-hybridized carbons (Fsp3) is 0.600. The van der Waals surface area contributed by atoms with E-state index in [-0.39, 0.29) is 17.0 Å². The molecule has 3 heterocycles. The van der Waals surface area contributed by atoms with E-state index in [2.05, 4.69) is 17.9 Å². The van der Waals surface area contributed by atoms with Gasteiger partial charge in [-0.3, -0.25) is 19.1 Å². The van der Waals surface area contributed by atoms with E-state index in [0.29, 0.717) is 27.9 Å². The number of piperidine rings is 1. The van der Waals surface area contributed by atoms with Gasteiger partial charge in [-0.1, -0.05) is 57.1 Å². The molecule has 0 atom stereocenters. The number of amides is 1. The highest BCUT2D eigenvalue weighted by Gasteiger charge is 2.33. The maximum absolute atomic E-state index is 13.2. The summed E-state index contributed by atoms with van der Waals surface area (Å²) in [7, 11) is 0. The van der Waals surface area contributed by atoms with Gasteiger partial charge in [0, 0.05) is 31.7 Å². The van der Waals surface area contributed by atoms with Crippen LogP contribution >= 0.6 is 24.0 Å².